The van der Waals surface area contributed by atoms with E-state index < -0.39 is 4.92 Å². The number of nitro groups is 1. The van der Waals surface area contributed by atoms with Gasteiger partial charge in [0.2, 0.25) is 5.91 Å². The van der Waals surface area contributed by atoms with Crippen molar-refractivity contribution in [3.05, 3.63) is 52.3 Å². The van der Waals surface area contributed by atoms with E-state index in [1.807, 2.05) is 6.07 Å². The van der Waals surface area contributed by atoms with E-state index in [-0.39, 0.29) is 17.5 Å². The molecule has 7 heteroatoms. The number of piperidine rings is 1. The third-order valence-corrected chi connectivity index (χ3v) is 4.50. The zero-order valence-electron chi connectivity index (χ0n) is 13.9. The van der Waals surface area contributed by atoms with Gasteiger partial charge in [0.15, 0.2) is 0 Å². The fourth-order valence-corrected chi connectivity index (χ4v) is 3.42. The quantitative estimate of drug-likeness (QED) is 0.641. The summed E-state index contributed by atoms with van der Waals surface area (Å²) in [4.78, 5) is 24.1. The monoisotopic (exact) mass is 343 g/mol. The highest BCUT2D eigenvalue weighted by Crippen LogP contribution is 2.31. The van der Waals surface area contributed by atoms with Gasteiger partial charge in [0.1, 0.15) is 11.5 Å². The van der Waals surface area contributed by atoms with Gasteiger partial charge in [-0.05, 0) is 43.5 Å². The molecule has 0 spiro atoms. The number of nitrogens with zero attached hydrogens (tertiary/aromatic N) is 2. The molecule has 1 atom stereocenters. The number of furan rings is 1. The van der Waals surface area contributed by atoms with Crippen LogP contribution in [-0.4, -0.2) is 28.8 Å². The number of para-hydroxylation sites is 1. The molecule has 0 radical (unpaired) electrons. The van der Waals surface area contributed by atoms with E-state index in [2.05, 4.69) is 4.90 Å². The predicted molar refractivity (Wildman–Crippen MR) is 92.6 cm³/mol. The van der Waals surface area contributed by atoms with Crippen LogP contribution in [0.5, 0.6) is 0 Å². The lowest BCUT2D eigenvalue weighted by atomic mass is 9.94. The van der Waals surface area contributed by atoms with Gasteiger partial charge in [0.05, 0.1) is 17.0 Å². The summed E-state index contributed by atoms with van der Waals surface area (Å²) < 4.78 is 5.84. The summed E-state index contributed by atoms with van der Waals surface area (Å²) in [5.41, 5.74) is 5.80. The largest absolute Gasteiger partial charge is 0.459 e. The Morgan fingerprint density at radius 1 is 1.32 bits per heavy atom. The van der Waals surface area contributed by atoms with Crippen LogP contribution in [0, 0.1) is 16.0 Å². The van der Waals surface area contributed by atoms with Crippen molar-refractivity contribution in [2.45, 2.75) is 25.8 Å². The van der Waals surface area contributed by atoms with Crippen molar-refractivity contribution < 1.29 is 14.1 Å². The smallest absolute Gasteiger partial charge is 0.280 e. The molecule has 2 heterocycles. The van der Waals surface area contributed by atoms with Crippen LogP contribution in [0.4, 0.5) is 5.69 Å². The fraction of sp³-hybridized carbons (Fsp3) is 0.389. The lowest BCUT2D eigenvalue weighted by molar-refractivity contribution is -0.384. The van der Waals surface area contributed by atoms with E-state index in [1.54, 1.807) is 24.3 Å². The van der Waals surface area contributed by atoms with E-state index in [9.17, 15) is 14.9 Å². The van der Waals surface area contributed by atoms with Gasteiger partial charge in [-0.25, -0.2) is 0 Å². The van der Waals surface area contributed by atoms with Gasteiger partial charge < -0.3 is 10.2 Å². The summed E-state index contributed by atoms with van der Waals surface area (Å²) in [6, 6.07) is 10.2. The molecule has 1 aliphatic heterocycles. The molecule has 1 fully saturated rings. The second kappa shape index (κ2) is 7.48. The molecule has 25 heavy (non-hydrogen) atoms. The molecule has 7 nitrogen and oxygen atoms in total. The molecule has 1 aromatic heterocycles. The van der Waals surface area contributed by atoms with Crippen molar-refractivity contribution in [3.63, 3.8) is 0 Å². The summed E-state index contributed by atoms with van der Waals surface area (Å²) in [6.45, 7) is 2.37. The minimum Gasteiger partial charge on any atom is -0.459 e. The van der Waals surface area contributed by atoms with Gasteiger partial charge in [-0.15, -0.1) is 0 Å². The van der Waals surface area contributed by atoms with Crippen LogP contribution in [0.25, 0.3) is 11.3 Å². The van der Waals surface area contributed by atoms with Gasteiger partial charge in [0, 0.05) is 19.0 Å². The molecule has 2 N–H and O–H groups in total. The summed E-state index contributed by atoms with van der Waals surface area (Å²) >= 11 is 0. The van der Waals surface area contributed by atoms with Crippen molar-refractivity contribution in [1.29, 1.82) is 0 Å². The first-order valence-corrected chi connectivity index (χ1v) is 8.36. The minimum absolute atomic E-state index is 0.0305. The van der Waals surface area contributed by atoms with E-state index in [4.69, 9.17) is 10.2 Å². The number of benzene rings is 1. The summed E-state index contributed by atoms with van der Waals surface area (Å²) in [7, 11) is 0. The number of primary amides is 1. The number of hydrogen-bond acceptors (Lipinski definition) is 5. The lowest BCUT2D eigenvalue weighted by Gasteiger charge is -2.31. The molecule has 1 unspecified atom stereocenters. The van der Waals surface area contributed by atoms with Gasteiger partial charge in [0.25, 0.3) is 5.69 Å². The van der Waals surface area contributed by atoms with Crippen molar-refractivity contribution in [2.75, 3.05) is 13.1 Å². The number of carbonyl (C=O) groups excluding carboxylic acids is 1. The first-order valence-electron chi connectivity index (χ1n) is 8.36. The van der Waals surface area contributed by atoms with E-state index in [1.165, 1.54) is 6.07 Å². The molecule has 3 rings (SSSR count). The predicted octanol–water partition coefficient (Wildman–Crippen LogP) is 2.94. The van der Waals surface area contributed by atoms with E-state index in [0.717, 1.165) is 31.7 Å². The maximum absolute atomic E-state index is 11.2. The number of rotatable bonds is 6. The molecule has 1 aliphatic rings. The number of amides is 1. The Labute approximate surface area is 145 Å². The summed E-state index contributed by atoms with van der Waals surface area (Å²) in [5, 5.41) is 11.2. The van der Waals surface area contributed by atoms with Gasteiger partial charge in [-0.3, -0.25) is 19.8 Å². The molecule has 1 amide bonds. The zero-order chi connectivity index (χ0) is 17.8. The Morgan fingerprint density at radius 2 is 2.12 bits per heavy atom. The number of carbonyl (C=O) groups is 1. The molecular weight excluding hydrogens is 322 g/mol. The maximum atomic E-state index is 11.2. The van der Waals surface area contributed by atoms with Crippen molar-refractivity contribution in [2.24, 2.45) is 11.7 Å². The number of nitro benzene ring substituents is 1. The first kappa shape index (κ1) is 17.2. The third-order valence-electron chi connectivity index (χ3n) is 4.50. The van der Waals surface area contributed by atoms with Crippen LogP contribution >= 0.6 is 0 Å². The highest BCUT2D eigenvalue weighted by molar-refractivity contribution is 5.74. The van der Waals surface area contributed by atoms with Gasteiger partial charge >= 0.3 is 0 Å². The van der Waals surface area contributed by atoms with Gasteiger partial charge in [-0.1, -0.05) is 12.1 Å². The maximum Gasteiger partial charge on any atom is 0.280 e. The van der Waals surface area contributed by atoms with Crippen molar-refractivity contribution in [3.8, 4) is 11.3 Å². The molecular formula is C18H21N3O4. The van der Waals surface area contributed by atoms with E-state index in [0.29, 0.717) is 24.3 Å². The minimum atomic E-state index is -0.406. The molecule has 0 aliphatic carbocycles. The zero-order valence-corrected chi connectivity index (χ0v) is 13.9. The lowest BCUT2D eigenvalue weighted by Crippen LogP contribution is -2.36. The Balaban J connectivity index is 1.70. The standard InChI is InChI=1S/C18H21N3O4/c19-18(22)10-13-4-3-9-20(11-13)12-14-7-8-17(25-14)15-5-1-2-6-16(15)21(23)24/h1-2,5-8,13H,3-4,9-12H2,(H2,19,22). The third kappa shape index (κ3) is 4.24. The van der Waals surface area contributed by atoms with Crippen LogP contribution in [0.2, 0.25) is 0 Å². The molecule has 1 aromatic carbocycles. The Kier molecular flexibility index (Phi) is 5.14. The Bertz CT molecular complexity index is 771. The molecule has 132 valence electrons. The normalized spacial score (nSPS) is 18.2. The number of nitrogens with two attached hydrogens (primary N) is 1. The highest BCUT2D eigenvalue weighted by atomic mass is 16.6. The Morgan fingerprint density at radius 3 is 2.88 bits per heavy atom. The molecule has 2 aromatic rings. The van der Waals surface area contributed by atoms with Crippen molar-refractivity contribution >= 4 is 11.6 Å². The number of hydrogen-bond donors (Lipinski definition) is 1. The second-order valence-corrected chi connectivity index (χ2v) is 6.45. The second-order valence-electron chi connectivity index (χ2n) is 6.45. The summed E-state index contributed by atoms with van der Waals surface area (Å²) in [6.07, 6.45) is 2.45. The first-order chi connectivity index (χ1) is 12.0. The molecule has 1 saturated heterocycles. The van der Waals surface area contributed by atoms with Crippen molar-refractivity contribution in [1.82, 2.24) is 4.90 Å². The fourth-order valence-electron chi connectivity index (χ4n) is 3.42. The molecule has 0 bridgehead atoms. The van der Waals surface area contributed by atoms with Crippen LogP contribution < -0.4 is 5.73 Å². The highest BCUT2D eigenvalue weighted by Gasteiger charge is 2.23. The average molecular weight is 343 g/mol. The van der Waals surface area contributed by atoms with Crippen LogP contribution in [-0.2, 0) is 11.3 Å². The Hall–Kier alpha value is -2.67. The number of likely N-dealkylation sites (tertiary alicyclic amines) is 1. The van der Waals surface area contributed by atoms with Crippen LogP contribution in [0.3, 0.4) is 0 Å². The summed E-state index contributed by atoms with van der Waals surface area (Å²) in [5.74, 6) is 1.28. The van der Waals surface area contributed by atoms with E-state index >= 15 is 0 Å². The topological polar surface area (TPSA) is 103 Å². The molecule has 0 saturated carbocycles. The SMILES string of the molecule is NC(=O)CC1CCCN(Cc2ccc(-c3ccccc3[N+](=O)[O-])o2)C1. The average Bonchev–Trinajstić information content (AvgIpc) is 3.03. The van der Waals surface area contributed by atoms with Crippen LogP contribution in [0.1, 0.15) is 25.0 Å². The van der Waals surface area contributed by atoms with Crippen LogP contribution in [0.15, 0.2) is 40.8 Å². The van der Waals surface area contributed by atoms with Gasteiger partial charge in [-0.2, -0.15) is 0 Å².